The van der Waals surface area contributed by atoms with E-state index in [2.05, 4.69) is 10.6 Å². The Balaban J connectivity index is 2.41. The van der Waals surface area contributed by atoms with Crippen molar-refractivity contribution < 1.29 is 24.2 Å². The van der Waals surface area contributed by atoms with Gasteiger partial charge in [-0.3, -0.25) is 4.79 Å². The Hall–Kier alpha value is -2.57. The summed E-state index contributed by atoms with van der Waals surface area (Å²) >= 11 is 0. The summed E-state index contributed by atoms with van der Waals surface area (Å²) in [5.74, 6) is -1.96. The second kappa shape index (κ2) is 9.45. The Morgan fingerprint density at radius 3 is 2.39 bits per heavy atom. The van der Waals surface area contributed by atoms with Gasteiger partial charge in [0.05, 0.1) is 12.0 Å². The fourth-order valence-electron chi connectivity index (χ4n) is 1.84. The van der Waals surface area contributed by atoms with Gasteiger partial charge in [-0.25, -0.2) is 4.79 Å². The number of rotatable bonds is 8. The van der Waals surface area contributed by atoms with Gasteiger partial charge < -0.3 is 25.3 Å². The highest BCUT2D eigenvalue weighted by Crippen LogP contribution is 2.01. The number of alkyl carbamates (subject to hydrolysis) is 1. The summed E-state index contributed by atoms with van der Waals surface area (Å²) < 4.78 is 4.99. The number of aliphatic carboxylic acids is 1. The van der Waals surface area contributed by atoms with Crippen LogP contribution in [-0.4, -0.2) is 30.1 Å². The molecule has 1 aromatic rings. The molecule has 0 aromatic heterocycles. The molecule has 0 spiro atoms. The van der Waals surface area contributed by atoms with Crippen LogP contribution in [0.4, 0.5) is 4.79 Å². The maximum Gasteiger partial charge on any atom is 0.408 e. The predicted octanol–water partition coefficient (Wildman–Crippen LogP) is 0.336. The zero-order valence-electron chi connectivity index (χ0n) is 13.2. The Morgan fingerprint density at radius 2 is 1.83 bits per heavy atom. The number of amides is 2. The second-order valence-corrected chi connectivity index (χ2v) is 5.10. The zero-order chi connectivity index (χ0) is 17.2. The topological polar surface area (TPSA) is 108 Å². The van der Waals surface area contributed by atoms with Gasteiger partial charge in [-0.15, -0.1) is 0 Å². The van der Waals surface area contributed by atoms with Crippen molar-refractivity contribution in [3.8, 4) is 0 Å². The van der Waals surface area contributed by atoms with Crippen molar-refractivity contribution >= 4 is 18.0 Å². The van der Waals surface area contributed by atoms with E-state index < -0.39 is 30.1 Å². The van der Waals surface area contributed by atoms with Gasteiger partial charge in [-0.2, -0.15) is 0 Å². The van der Waals surface area contributed by atoms with Crippen LogP contribution >= 0.6 is 0 Å². The fraction of sp³-hybridized carbons (Fsp3) is 0.438. The summed E-state index contributed by atoms with van der Waals surface area (Å²) in [5, 5.41) is 15.6. The van der Waals surface area contributed by atoms with E-state index in [4.69, 9.17) is 4.74 Å². The van der Waals surface area contributed by atoms with E-state index in [0.717, 1.165) is 5.56 Å². The standard InChI is InChI=1S/C16H22N2O5/c1-3-7-13(15(20)21)18-14(19)11(2)17-16(22)23-10-12-8-5-4-6-9-12/h4-6,8-9,11,13H,3,7,10H2,1-2H3,(H,17,22)(H,18,19)(H,20,21)/p-1/t11-,13-/m0/s1. The van der Waals surface area contributed by atoms with E-state index in [-0.39, 0.29) is 13.0 Å². The van der Waals surface area contributed by atoms with E-state index in [0.29, 0.717) is 6.42 Å². The molecule has 0 unspecified atom stereocenters. The minimum absolute atomic E-state index is 0.0819. The van der Waals surface area contributed by atoms with Gasteiger partial charge in [0.25, 0.3) is 0 Å². The Labute approximate surface area is 135 Å². The maximum absolute atomic E-state index is 11.9. The van der Waals surface area contributed by atoms with E-state index in [1.165, 1.54) is 6.92 Å². The summed E-state index contributed by atoms with van der Waals surface area (Å²) in [5.41, 5.74) is 0.819. The molecule has 1 aromatic carbocycles. The largest absolute Gasteiger partial charge is 0.548 e. The summed E-state index contributed by atoms with van der Waals surface area (Å²) in [6.07, 6.45) is 0.0935. The Morgan fingerprint density at radius 1 is 1.17 bits per heavy atom. The van der Waals surface area contributed by atoms with Crippen LogP contribution in [0.25, 0.3) is 0 Å². The highest BCUT2D eigenvalue weighted by Gasteiger charge is 2.20. The average molecular weight is 321 g/mol. The highest BCUT2D eigenvalue weighted by molar-refractivity contribution is 5.88. The van der Waals surface area contributed by atoms with Crippen LogP contribution in [0.15, 0.2) is 30.3 Å². The lowest BCUT2D eigenvalue weighted by molar-refractivity contribution is -0.308. The highest BCUT2D eigenvalue weighted by atomic mass is 16.5. The van der Waals surface area contributed by atoms with Crippen LogP contribution in [-0.2, 0) is 20.9 Å². The third kappa shape index (κ3) is 6.82. The number of carbonyl (C=O) groups is 3. The third-order valence-corrected chi connectivity index (χ3v) is 3.12. The molecule has 0 aliphatic rings. The molecule has 7 nitrogen and oxygen atoms in total. The minimum atomic E-state index is -1.35. The first-order valence-corrected chi connectivity index (χ1v) is 7.42. The number of hydrogen-bond donors (Lipinski definition) is 2. The van der Waals surface area contributed by atoms with Gasteiger partial charge in [-0.05, 0) is 18.9 Å². The summed E-state index contributed by atoms with van der Waals surface area (Å²) in [6, 6.07) is 7.10. The summed E-state index contributed by atoms with van der Waals surface area (Å²) in [6.45, 7) is 3.32. The number of nitrogens with one attached hydrogen (secondary N) is 2. The van der Waals surface area contributed by atoms with Gasteiger partial charge >= 0.3 is 6.09 Å². The summed E-state index contributed by atoms with van der Waals surface area (Å²) in [7, 11) is 0. The molecule has 0 saturated carbocycles. The molecule has 0 radical (unpaired) electrons. The van der Waals surface area contributed by atoms with E-state index in [1.807, 2.05) is 18.2 Å². The molecule has 0 aliphatic carbocycles. The molecule has 0 bridgehead atoms. The molecule has 1 rings (SSSR count). The Bertz CT molecular complexity index is 533. The first-order valence-electron chi connectivity index (χ1n) is 7.42. The van der Waals surface area contributed by atoms with Gasteiger partial charge in [0.1, 0.15) is 12.6 Å². The van der Waals surface area contributed by atoms with Crippen molar-refractivity contribution in [2.24, 2.45) is 0 Å². The van der Waals surface area contributed by atoms with Crippen molar-refractivity contribution in [3.05, 3.63) is 35.9 Å². The molecule has 23 heavy (non-hydrogen) atoms. The van der Waals surface area contributed by atoms with Crippen molar-refractivity contribution in [2.45, 2.75) is 45.4 Å². The third-order valence-electron chi connectivity index (χ3n) is 3.12. The number of benzene rings is 1. The number of carbonyl (C=O) groups excluding carboxylic acids is 3. The molecule has 7 heteroatoms. The molecule has 0 saturated heterocycles. The van der Waals surface area contributed by atoms with Crippen LogP contribution < -0.4 is 15.7 Å². The lowest BCUT2D eigenvalue weighted by Crippen LogP contribution is -2.53. The molecule has 2 atom stereocenters. The van der Waals surface area contributed by atoms with Gasteiger partial charge in [0.2, 0.25) is 5.91 Å². The normalized spacial score (nSPS) is 12.8. The smallest absolute Gasteiger partial charge is 0.408 e. The number of carboxylic acids is 1. The predicted molar refractivity (Wildman–Crippen MR) is 81.1 cm³/mol. The molecule has 2 N–H and O–H groups in total. The maximum atomic E-state index is 11.9. The van der Waals surface area contributed by atoms with E-state index >= 15 is 0 Å². The molecule has 126 valence electrons. The van der Waals surface area contributed by atoms with Gasteiger partial charge in [0, 0.05) is 0 Å². The first kappa shape index (κ1) is 18.5. The number of hydrogen-bond acceptors (Lipinski definition) is 5. The number of carboxylic acid groups (broad SMARTS) is 1. The summed E-state index contributed by atoms with van der Waals surface area (Å²) in [4.78, 5) is 34.4. The van der Waals surface area contributed by atoms with Crippen LogP contribution in [0.1, 0.15) is 32.3 Å². The van der Waals surface area contributed by atoms with Crippen molar-refractivity contribution in [2.75, 3.05) is 0 Å². The van der Waals surface area contributed by atoms with Crippen LogP contribution in [0, 0.1) is 0 Å². The van der Waals surface area contributed by atoms with Crippen LogP contribution in [0.2, 0.25) is 0 Å². The quantitative estimate of drug-likeness (QED) is 0.718. The average Bonchev–Trinajstić information content (AvgIpc) is 2.53. The van der Waals surface area contributed by atoms with Crippen LogP contribution in [0.5, 0.6) is 0 Å². The van der Waals surface area contributed by atoms with Crippen molar-refractivity contribution in [1.82, 2.24) is 10.6 Å². The molecular weight excluding hydrogens is 300 g/mol. The van der Waals surface area contributed by atoms with Gasteiger partial charge in [0.15, 0.2) is 0 Å². The van der Waals surface area contributed by atoms with Crippen molar-refractivity contribution in [1.29, 1.82) is 0 Å². The Kier molecular flexibility index (Phi) is 7.59. The fourth-order valence-corrected chi connectivity index (χ4v) is 1.84. The van der Waals surface area contributed by atoms with E-state index in [1.54, 1.807) is 19.1 Å². The van der Waals surface area contributed by atoms with Crippen molar-refractivity contribution in [3.63, 3.8) is 0 Å². The first-order chi connectivity index (χ1) is 10.9. The van der Waals surface area contributed by atoms with Crippen LogP contribution in [0.3, 0.4) is 0 Å². The lowest BCUT2D eigenvalue weighted by Gasteiger charge is -2.21. The number of ether oxygens (including phenoxy) is 1. The molecular formula is C16H21N2O5-. The molecule has 0 aliphatic heterocycles. The van der Waals surface area contributed by atoms with Gasteiger partial charge in [-0.1, -0.05) is 43.7 Å². The zero-order valence-corrected chi connectivity index (χ0v) is 13.2. The minimum Gasteiger partial charge on any atom is -0.548 e. The lowest BCUT2D eigenvalue weighted by atomic mass is 10.1. The van der Waals surface area contributed by atoms with E-state index in [9.17, 15) is 19.5 Å². The molecule has 0 fully saturated rings. The molecule has 0 heterocycles. The molecule has 2 amide bonds. The SMILES string of the molecule is CCC[C@H](NC(=O)[C@H](C)NC(=O)OCc1ccccc1)C(=O)[O-]. The monoisotopic (exact) mass is 321 g/mol. The second-order valence-electron chi connectivity index (χ2n) is 5.10.